The van der Waals surface area contributed by atoms with Crippen molar-refractivity contribution in [1.29, 1.82) is 0 Å². The summed E-state index contributed by atoms with van der Waals surface area (Å²) in [5, 5.41) is 7.48. The van der Waals surface area contributed by atoms with E-state index in [9.17, 15) is 14.4 Å². The van der Waals surface area contributed by atoms with Crippen molar-refractivity contribution in [3.05, 3.63) is 90.3 Å². The van der Waals surface area contributed by atoms with Crippen LogP contribution in [0.4, 0.5) is 5.69 Å². The summed E-state index contributed by atoms with van der Waals surface area (Å²) in [6, 6.07) is 18.9. The van der Waals surface area contributed by atoms with E-state index in [1.807, 2.05) is 36.4 Å². The Hall–Kier alpha value is -4.33. The zero-order chi connectivity index (χ0) is 25.8. The molecule has 8 nitrogen and oxygen atoms in total. The number of anilines is 1. The van der Waals surface area contributed by atoms with Crippen LogP contribution in [0.2, 0.25) is 0 Å². The molecule has 0 bridgehead atoms. The van der Waals surface area contributed by atoms with Crippen LogP contribution in [0.15, 0.2) is 81.8 Å². The van der Waals surface area contributed by atoms with Gasteiger partial charge in [0, 0.05) is 11.4 Å². The Morgan fingerprint density at radius 2 is 1.76 bits per heavy atom. The van der Waals surface area contributed by atoms with E-state index in [2.05, 4.69) is 10.6 Å². The number of hydrogen-bond acceptors (Lipinski definition) is 5. The number of amides is 3. The third-order valence-corrected chi connectivity index (χ3v) is 6.68. The lowest BCUT2D eigenvalue weighted by atomic mass is 10.0. The van der Waals surface area contributed by atoms with Gasteiger partial charge < -0.3 is 19.5 Å². The molecule has 190 valence electrons. The number of hydrogen-bond donors (Lipinski definition) is 2. The largest absolute Gasteiger partial charge is 0.464 e. The molecule has 8 heteroatoms. The molecule has 2 heterocycles. The van der Waals surface area contributed by atoms with E-state index < -0.39 is 17.9 Å². The summed E-state index contributed by atoms with van der Waals surface area (Å²) >= 11 is 0. The van der Waals surface area contributed by atoms with Gasteiger partial charge in [0.2, 0.25) is 5.91 Å². The molecule has 0 aliphatic heterocycles. The van der Waals surface area contributed by atoms with Crippen LogP contribution in [0.3, 0.4) is 0 Å². The SMILES string of the molecule is Cc1ccc([C@H](C(=O)NC2CCCC2)N(C(=O)CNC(=O)c2ccco2)c2cccc3ccccc23)o1. The second kappa shape index (κ2) is 10.7. The Morgan fingerprint density at radius 3 is 2.49 bits per heavy atom. The molecule has 1 aliphatic rings. The van der Waals surface area contributed by atoms with E-state index in [1.165, 1.54) is 17.2 Å². The van der Waals surface area contributed by atoms with Crippen molar-refractivity contribution in [1.82, 2.24) is 10.6 Å². The van der Waals surface area contributed by atoms with Crippen molar-refractivity contribution in [3.8, 4) is 0 Å². The van der Waals surface area contributed by atoms with E-state index in [0.29, 0.717) is 17.2 Å². The fraction of sp³-hybridized carbons (Fsp3) is 0.276. The van der Waals surface area contributed by atoms with Gasteiger partial charge >= 0.3 is 0 Å². The molecule has 0 saturated heterocycles. The van der Waals surface area contributed by atoms with E-state index >= 15 is 0 Å². The Kier molecular flexibility index (Phi) is 7.07. The quantitative estimate of drug-likeness (QED) is 0.359. The maximum absolute atomic E-state index is 13.9. The number of nitrogens with one attached hydrogen (secondary N) is 2. The molecule has 37 heavy (non-hydrogen) atoms. The first-order valence-electron chi connectivity index (χ1n) is 12.5. The van der Waals surface area contributed by atoms with Crippen molar-refractivity contribution in [2.45, 2.75) is 44.7 Å². The number of furan rings is 2. The Labute approximate surface area is 214 Å². The maximum atomic E-state index is 13.9. The van der Waals surface area contributed by atoms with Gasteiger partial charge in [-0.2, -0.15) is 0 Å². The lowest BCUT2D eigenvalue weighted by molar-refractivity contribution is -0.127. The normalized spacial score (nSPS) is 14.4. The molecule has 0 spiro atoms. The van der Waals surface area contributed by atoms with E-state index in [-0.39, 0.29) is 24.3 Å². The lowest BCUT2D eigenvalue weighted by Gasteiger charge is -2.31. The summed E-state index contributed by atoms with van der Waals surface area (Å²) in [7, 11) is 0. The average molecular weight is 500 g/mol. The van der Waals surface area contributed by atoms with E-state index in [4.69, 9.17) is 8.83 Å². The van der Waals surface area contributed by atoms with Gasteiger partial charge in [-0.05, 0) is 55.5 Å². The Morgan fingerprint density at radius 1 is 0.973 bits per heavy atom. The van der Waals surface area contributed by atoms with Crippen LogP contribution in [0.1, 0.15) is 53.8 Å². The first-order valence-corrected chi connectivity index (χ1v) is 12.5. The first-order chi connectivity index (χ1) is 18.0. The first kappa shape index (κ1) is 24.4. The van der Waals surface area contributed by atoms with Gasteiger partial charge in [0.25, 0.3) is 11.8 Å². The fourth-order valence-electron chi connectivity index (χ4n) is 4.90. The highest BCUT2D eigenvalue weighted by Gasteiger charge is 2.37. The molecular weight excluding hydrogens is 470 g/mol. The molecule has 1 saturated carbocycles. The van der Waals surface area contributed by atoms with E-state index in [0.717, 1.165) is 36.5 Å². The van der Waals surface area contributed by atoms with Crippen LogP contribution in [0.5, 0.6) is 0 Å². The summed E-state index contributed by atoms with van der Waals surface area (Å²) < 4.78 is 11.1. The van der Waals surface area contributed by atoms with Gasteiger partial charge in [0.1, 0.15) is 11.5 Å². The second-order valence-electron chi connectivity index (χ2n) is 9.26. The minimum atomic E-state index is -1.06. The molecule has 0 radical (unpaired) electrons. The number of aryl methyl sites for hydroxylation is 1. The standard InChI is InChI=1S/C29H29N3O5/c1-19-15-16-24(37-19)27(29(35)31-21-10-3-4-11-21)32(23-13-6-9-20-8-2-5-12-22(20)23)26(33)18-30-28(34)25-14-7-17-36-25/h2,5-9,12-17,21,27H,3-4,10-11,18H2,1H3,(H,30,34)(H,31,35)/t27-/m1/s1. The van der Waals surface area contributed by atoms with Gasteiger partial charge in [-0.25, -0.2) is 0 Å². The number of carbonyl (C=O) groups excluding carboxylic acids is 3. The summed E-state index contributed by atoms with van der Waals surface area (Å²) in [4.78, 5) is 41.7. The molecule has 2 N–H and O–H groups in total. The molecular formula is C29H29N3O5. The van der Waals surface area contributed by atoms with Gasteiger partial charge in [0.05, 0.1) is 18.5 Å². The van der Waals surface area contributed by atoms with Crippen LogP contribution in [0.25, 0.3) is 10.8 Å². The summed E-state index contributed by atoms with van der Waals surface area (Å²) in [5.41, 5.74) is 0.552. The smallest absolute Gasteiger partial charge is 0.287 e. The van der Waals surface area contributed by atoms with Crippen LogP contribution in [-0.4, -0.2) is 30.3 Å². The van der Waals surface area contributed by atoms with Gasteiger partial charge in [-0.15, -0.1) is 0 Å². The number of fused-ring (bicyclic) bond motifs is 1. The molecule has 2 aromatic heterocycles. The van der Waals surface area contributed by atoms with Crippen molar-refractivity contribution < 1.29 is 23.2 Å². The van der Waals surface area contributed by atoms with Crippen molar-refractivity contribution in [2.75, 3.05) is 11.4 Å². The second-order valence-corrected chi connectivity index (χ2v) is 9.26. The van der Waals surface area contributed by atoms with Crippen LogP contribution in [-0.2, 0) is 9.59 Å². The van der Waals surface area contributed by atoms with Crippen LogP contribution >= 0.6 is 0 Å². The van der Waals surface area contributed by atoms with Crippen molar-refractivity contribution in [3.63, 3.8) is 0 Å². The Bertz CT molecular complexity index is 1400. The maximum Gasteiger partial charge on any atom is 0.287 e. The van der Waals surface area contributed by atoms with E-state index in [1.54, 1.807) is 31.2 Å². The third-order valence-electron chi connectivity index (χ3n) is 6.68. The Balaban J connectivity index is 1.55. The average Bonchev–Trinajstić information content (AvgIpc) is 3.69. The highest BCUT2D eigenvalue weighted by molar-refractivity contribution is 6.09. The zero-order valence-electron chi connectivity index (χ0n) is 20.6. The molecule has 5 rings (SSSR count). The van der Waals surface area contributed by atoms with Crippen molar-refractivity contribution in [2.24, 2.45) is 0 Å². The van der Waals surface area contributed by atoms with Gasteiger partial charge in [0.15, 0.2) is 11.8 Å². The summed E-state index contributed by atoms with van der Waals surface area (Å²) in [6.07, 6.45) is 5.30. The topological polar surface area (TPSA) is 105 Å². The van der Waals surface area contributed by atoms with Gasteiger partial charge in [-0.1, -0.05) is 49.2 Å². The number of benzene rings is 2. The number of rotatable bonds is 8. The highest BCUT2D eigenvalue weighted by Crippen LogP contribution is 2.35. The third kappa shape index (κ3) is 5.28. The predicted octanol–water partition coefficient (Wildman–Crippen LogP) is 4.90. The van der Waals surface area contributed by atoms with Crippen LogP contribution < -0.4 is 15.5 Å². The minimum Gasteiger partial charge on any atom is -0.464 e. The number of nitrogens with zero attached hydrogens (tertiary/aromatic N) is 1. The zero-order valence-corrected chi connectivity index (χ0v) is 20.6. The summed E-state index contributed by atoms with van der Waals surface area (Å²) in [6.45, 7) is 1.46. The monoisotopic (exact) mass is 499 g/mol. The molecule has 2 aromatic carbocycles. The predicted molar refractivity (Wildman–Crippen MR) is 139 cm³/mol. The van der Waals surface area contributed by atoms with Crippen molar-refractivity contribution >= 4 is 34.2 Å². The summed E-state index contributed by atoms with van der Waals surface area (Å²) in [5.74, 6) is -0.216. The lowest BCUT2D eigenvalue weighted by Crippen LogP contribution is -2.49. The number of carbonyl (C=O) groups is 3. The molecule has 1 atom stereocenters. The highest BCUT2D eigenvalue weighted by atomic mass is 16.3. The molecule has 3 amide bonds. The molecule has 1 fully saturated rings. The van der Waals surface area contributed by atoms with Crippen LogP contribution in [0, 0.1) is 6.92 Å². The molecule has 4 aromatic rings. The fourth-order valence-corrected chi connectivity index (χ4v) is 4.90. The minimum absolute atomic E-state index is 0.0502. The van der Waals surface area contributed by atoms with Gasteiger partial charge in [-0.3, -0.25) is 19.3 Å². The molecule has 0 unspecified atom stereocenters. The molecule has 1 aliphatic carbocycles.